The average Bonchev–Trinajstić information content (AvgIpc) is 2.08. The molecular weight excluding hydrogens is 194 g/mol. The number of nitrogens with zero attached hydrogens (tertiary/aromatic N) is 1. The molecular formula is C10H15N3S. The maximum absolute atomic E-state index is 5.79. The van der Waals surface area contributed by atoms with Crippen molar-refractivity contribution < 1.29 is 0 Å². The van der Waals surface area contributed by atoms with Crippen LogP contribution in [0.2, 0.25) is 0 Å². The number of anilines is 1. The summed E-state index contributed by atoms with van der Waals surface area (Å²) in [6.45, 7) is 3.96. The zero-order valence-electron chi connectivity index (χ0n) is 8.36. The first-order valence-corrected chi connectivity index (χ1v) is 4.87. The van der Waals surface area contributed by atoms with E-state index < -0.39 is 0 Å². The van der Waals surface area contributed by atoms with E-state index in [-0.39, 0.29) is 6.04 Å². The van der Waals surface area contributed by atoms with E-state index in [1.165, 1.54) is 0 Å². The van der Waals surface area contributed by atoms with Crippen molar-refractivity contribution in [1.82, 2.24) is 0 Å². The zero-order valence-corrected chi connectivity index (χ0v) is 9.25. The third kappa shape index (κ3) is 2.67. The van der Waals surface area contributed by atoms with E-state index in [9.17, 15) is 0 Å². The van der Waals surface area contributed by atoms with Gasteiger partial charge in [0.2, 0.25) is 0 Å². The Labute approximate surface area is 89.6 Å². The smallest absolute Gasteiger partial charge is 0.125 e. The summed E-state index contributed by atoms with van der Waals surface area (Å²) in [5.41, 5.74) is 12.9. The van der Waals surface area contributed by atoms with Gasteiger partial charge in [0.25, 0.3) is 0 Å². The maximum Gasteiger partial charge on any atom is 0.125 e. The summed E-state index contributed by atoms with van der Waals surface area (Å²) in [6, 6.07) is 5.63. The first-order valence-electron chi connectivity index (χ1n) is 4.43. The average molecular weight is 209 g/mol. The summed E-state index contributed by atoms with van der Waals surface area (Å²) in [5, 5.41) is 0. The van der Waals surface area contributed by atoms with Crippen LogP contribution >= 0.6 is 12.6 Å². The molecule has 0 spiro atoms. The second-order valence-electron chi connectivity index (χ2n) is 3.38. The molecule has 0 fully saturated rings. The van der Waals surface area contributed by atoms with Crippen molar-refractivity contribution in [2.75, 3.05) is 5.73 Å². The molecule has 0 aromatic heterocycles. The van der Waals surface area contributed by atoms with Crippen molar-refractivity contribution in [2.45, 2.75) is 24.8 Å². The molecule has 1 aromatic carbocycles. The lowest BCUT2D eigenvalue weighted by molar-refractivity contribution is 0.834. The standard InChI is InChI=1S/C10H15N3S/c1-6(2)13-10(12)7-3-4-8(11)9(14)5-7/h3-6,14H,11H2,1-2H3,(H2,12,13). The van der Waals surface area contributed by atoms with Crippen LogP contribution in [0.25, 0.3) is 0 Å². The molecule has 1 rings (SSSR count). The van der Waals surface area contributed by atoms with Crippen LogP contribution in [-0.4, -0.2) is 11.9 Å². The molecule has 0 saturated heterocycles. The zero-order chi connectivity index (χ0) is 10.7. The molecule has 0 saturated carbocycles. The highest BCUT2D eigenvalue weighted by molar-refractivity contribution is 7.80. The largest absolute Gasteiger partial charge is 0.398 e. The fourth-order valence-electron chi connectivity index (χ4n) is 1.06. The molecule has 76 valence electrons. The van der Waals surface area contributed by atoms with Crippen LogP contribution < -0.4 is 11.5 Å². The molecule has 0 bridgehead atoms. The Kier molecular flexibility index (Phi) is 3.41. The lowest BCUT2D eigenvalue weighted by Gasteiger charge is -2.05. The number of aliphatic imine (C=N–C) groups is 1. The van der Waals surface area contributed by atoms with Gasteiger partial charge in [-0.2, -0.15) is 0 Å². The van der Waals surface area contributed by atoms with Crippen LogP contribution in [-0.2, 0) is 0 Å². The first-order chi connectivity index (χ1) is 6.50. The van der Waals surface area contributed by atoms with Crippen molar-refractivity contribution >= 4 is 24.2 Å². The molecule has 0 aliphatic carbocycles. The Morgan fingerprint density at radius 2 is 2.07 bits per heavy atom. The molecule has 0 unspecified atom stereocenters. The van der Waals surface area contributed by atoms with Gasteiger partial charge >= 0.3 is 0 Å². The highest BCUT2D eigenvalue weighted by Crippen LogP contribution is 2.17. The van der Waals surface area contributed by atoms with Gasteiger partial charge in [-0.25, -0.2) is 0 Å². The lowest BCUT2D eigenvalue weighted by Crippen LogP contribution is -2.15. The third-order valence-corrected chi connectivity index (χ3v) is 2.11. The number of thiol groups is 1. The molecule has 0 heterocycles. The van der Waals surface area contributed by atoms with Crippen LogP contribution in [0.15, 0.2) is 28.1 Å². The fourth-order valence-corrected chi connectivity index (χ4v) is 1.27. The van der Waals surface area contributed by atoms with E-state index in [1.807, 2.05) is 26.0 Å². The minimum Gasteiger partial charge on any atom is -0.398 e. The maximum atomic E-state index is 5.79. The van der Waals surface area contributed by atoms with Gasteiger partial charge in [-0.05, 0) is 32.0 Å². The summed E-state index contributed by atoms with van der Waals surface area (Å²) in [6.07, 6.45) is 0. The predicted octanol–water partition coefficient (Wildman–Crippen LogP) is 1.67. The second kappa shape index (κ2) is 4.37. The lowest BCUT2D eigenvalue weighted by atomic mass is 10.2. The third-order valence-electron chi connectivity index (χ3n) is 1.72. The van der Waals surface area contributed by atoms with Gasteiger partial charge in [-0.1, -0.05) is 0 Å². The van der Waals surface area contributed by atoms with Crippen LogP contribution in [0.1, 0.15) is 19.4 Å². The Balaban J connectivity index is 3.03. The quantitative estimate of drug-likeness (QED) is 0.300. The van der Waals surface area contributed by atoms with Gasteiger partial charge in [-0.15, -0.1) is 12.6 Å². The number of hydrogen-bond acceptors (Lipinski definition) is 3. The van der Waals surface area contributed by atoms with E-state index in [1.54, 1.807) is 6.07 Å². The number of hydrogen-bond donors (Lipinski definition) is 3. The molecule has 0 aliphatic rings. The highest BCUT2D eigenvalue weighted by atomic mass is 32.1. The molecule has 1 aromatic rings. The first kappa shape index (κ1) is 10.9. The monoisotopic (exact) mass is 209 g/mol. The predicted molar refractivity (Wildman–Crippen MR) is 64.0 cm³/mol. The number of nitrogens with two attached hydrogens (primary N) is 2. The number of benzene rings is 1. The van der Waals surface area contributed by atoms with Gasteiger partial charge < -0.3 is 11.5 Å². The van der Waals surface area contributed by atoms with Gasteiger partial charge in [-0.3, -0.25) is 4.99 Å². The molecule has 4 heteroatoms. The molecule has 14 heavy (non-hydrogen) atoms. The summed E-state index contributed by atoms with van der Waals surface area (Å²) >= 11 is 4.22. The van der Waals surface area contributed by atoms with Gasteiger partial charge in [0.05, 0.1) is 0 Å². The van der Waals surface area contributed by atoms with E-state index in [2.05, 4.69) is 17.6 Å². The molecule has 0 radical (unpaired) electrons. The molecule has 0 aliphatic heterocycles. The molecule has 0 amide bonds. The van der Waals surface area contributed by atoms with Crippen molar-refractivity contribution in [3.05, 3.63) is 23.8 Å². The fraction of sp³-hybridized carbons (Fsp3) is 0.300. The number of amidine groups is 1. The van der Waals surface area contributed by atoms with Crippen molar-refractivity contribution in [3.63, 3.8) is 0 Å². The van der Waals surface area contributed by atoms with E-state index >= 15 is 0 Å². The van der Waals surface area contributed by atoms with Gasteiger partial charge in [0, 0.05) is 22.2 Å². The Morgan fingerprint density at radius 3 is 2.57 bits per heavy atom. The topological polar surface area (TPSA) is 64.4 Å². The Morgan fingerprint density at radius 1 is 1.43 bits per heavy atom. The van der Waals surface area contributed by atoms with E-state index in [0.29, 0.717) is 11.5 Å². The van der Waals surface area contributed by atoms with Crippen LogP contribution in [0, 0.1) is 0 Å². The van der Waals surface area contributed by atoms with Crippen molar-refractivity contribution in [3.8, 4) is 0 Å². The Bertz CT molecular complexity index is 358. The summed E-state index contributed by atoms with van der Waals surface area (Å²) in [7, 11) is 0. The molecule has 0 atom stereocenters. The van der Waals surface area contributed by atoms with Gasteiger partial charge in [0.1, 0.15) is 5.84 Å². The Hall–Kier alpha value is -1.16. The molecule has 4 N–H and O–H groups in total. The minimum absolute atomic E-state index is 0.191. The molecule has 3 nitrogen and oxygen atoms in total. The van der Waals surface area contributed by atoms with Crippen molar-refractivity contribution in [1.29, 1.82) is 0 Å². The number of rotatable bonds is 2. The SMILES string of the molecule is CC(C)N=C(N)c1ccc(N)c(S)c1. The number of nitrogen functional groups attached to an aromatic ring is 1. The van der Waals surface area contributed by atoms with Crippen LogP contribution in [0.5, 0.6) is 0 Å². The van der Waals surface area contributed by atoms with E-state index in [4.69, 9.17) is 11.5 Å². The normalized spacial score (nSPS) is 12.1. The van der Waals surface area contributed by atoms with Gasteiger partial charge in [0.15, 0.2) is 0 Å². The summed E-state index contributed by atoms with van der Waals surface area (Å²) in [4.78, 5) is 4.96. The highest BCUT2D eigenvalue weighted by Gasteiger charge is 2.01. The van der Waals surface area contributed by atoms with Crippen molar-refractivity contribution in [2.24, 2.45) is 10.7 Å². The van der Waals surface area contributed by atoms with Crippen LogP contribution in [0.4, 0.5) is 5.69 Å². The second-order valence-corrected chi connectivity index (χ2v) is 3.86. The van der Waals surface area contributed by atoms with E-state index in [0.717, 1.165) is 10.5 Å². The van der Waals surface area contributed by atoms with Crippen LogP contribution in [0.3, 0.4) is 0 Å². The summed E-state index contributed by atoms with van der Waals surface area (Å²) < 4.78 is 0. The summed E-state index contributed by atoms with van der Waals surface area (Å²) in [5.74, 6) is 0.523. The minimum atomic E-state index is 0.191.